The lowest BCUT2D eigenvalue weighted by Crippen LogP contribution is -2.20. The monoisotopic (exact) mass is 226 g/mol. The van der Waals surface area contributed by atoms with Crippen LogP contribution in [0.2, 0.25) is 0 Å². The predicted octanol–water partition coefficient (Wildman–Crippen LogP) is 0.979. The quantitative estimate of drug-likeness (QED) is 0.778. The number of carboxylic acids is 1. The summed E-state index contributed by atoms with van der Waals surface area (Å²) in [6, 6.07) is 0. The Morgan fingerprint density at radius 2 is 2.31 bits per heavy atom. The van der Waals surface area contributed by atoms with Crippen LogP contribution in [0, 0.1) is 0 Å². The van der Waals surface area contributed by atoms with Crippen molar-refractivity contribution in [1.82, 2.24) is 9.97 Å². The number of aromatic carboxylic acids is 1. The third kappa shape index (κ3) is 3.82. The third-order valence-electron chi connectivity index (χ3n) is 1.71. The molecule has 0 spiro atoms. The molecule has 0 fully saturated rings. The number of carboxylic acid groups (broad SMARTS) is 1. The average Bonchev–Trinajstić information content (AvgIpc) is 2.26. The molecule has 1 aromatic rings. The highest BCUT2D eigenvalue weighted by molar-refractivity contribution is 5.84. The SMILES string of the molecule is CCOCC(C)Oc1cncc(C(=O)O)n1. The van der Waals surface area contributed by atoms with E-state index in [4.69, 9.17) is 14.6 Å². The van der Waals surface area contributed by atoms with Gasteiger partial charge in [-0.2, -0.15) is 0 Å². The summed E-state index contributed by atoms with van der Waals surface area (Å²) in [5.41, 5.74) is -0.138. The molecule has 0 radical (unpaired) electrons. The lowest BCUT2D eigenvalue weighted by atomic mass is 10.4. The maximum Gasteiger partial charge on any atom is 0.356 e. The molecule has 16 heavy (non-hydrogen) atoms. The molecule has 0 bridgehead atoms. The van der Waals surface area contributed by atoms with Crippen molar-refractivity contribution in [2.24, 2.45) is 0 Å². The van der Waals surface area contributed by atoms with Gasteiger partial charge in [-0.25, -0.2) is 9.78 Å². The topological polar surface area (TPSA) is 81.5 Å². The number of hydrogen-bond donors (Lipinski definition) is 1. The number of carbonyl (C=O) groups is 1. The Morgan fingerprint density at radius 1 is 1.56 bits per heavy atom. The van der Waals surface area contributed by atoms with Crippen molar-refractivity contribution in [2.45, 2.75) is 20.0 Å². The van der Waals surface area contributed by atoms with Crippen LogP contribution in [0.15, 0.2) is 12.4 Å². The molecule has 6 heteroatoms. The van der Waals surface area contributed by atoms with E-state index in [-0.39, 0.29) is 17.7 Å². The fraction of sp³-hybridized carbons (Fsp3) is 0.500. The fourth-order valence-electron chi connectivity index (χ4n) is 1.03. The highest BCUT2D eigenvalue weighted by Gasteiger charge is 2.09. The minimum absolute atomic E-state index is 0.138. The molecule has 0 aliphatic rings. The lowest BCUT2D eigenvalue weighted by Gasteiger charge is -2.13. The summed E-state index contributed by atoms with van der Waals surface area (Å²) < 4.78 is 10.5. The Hall–Kier alpha value is -1.69. The molecule has 1 heterocycles. The lowest BCUT2D eigenvalue weighted by molar-refractivity contribution is 0.0616. The van der Waals surface area contributed by atoms with Crippen LogP contribution in [-0.2, 0) is 4.74 Å². The Kier molecular flexibility index (Phi) is 4.65. The van der Waals surface area contributed by atoms with E-state index in [0.717, 1.165) is 0 Å². The average molecular weight is 226 g/mol. The number of aromatic nitrogens is 2. The molecule has 0 saturated heterocycles. The molecule has 0 aromatic carbocycles. The fourth-order valence-corrected chi connectivity index (χ4v) is 1.03. The first-order chi connectivity index (χ1) is 7.63. The molecule has 1 N–H and O–H groups in total. The van der Waals surface area contributed by atoms with Gasteiger partial charge in [0.2, 0.25) is 5.88 Å². The van der Waals surface area contributed by atoms with Gasteiger partial charge in [0.25, 0.3) is 0 Å². The first kappa shape index (κ1) is 12.4. The molecule has 0 aliphatic carbocycles. The smallest absolute Gasteiger partial charge is 0.356 e. The van der Waals surface area contributed by atoms with Gasteiger partial charge in [0.05, 0.1) is 19.0 Å². The highest BCUT2D eigenvalue weighted by atomic mass is 16.5. The summed E-state index contributed by atoms with van der Waals surface area (Å²) in [5.74, 6) is -0.942. The van der Waals surface area contributed by atoms with Crippen LogP contribution in [0.3, 0.4) is 0 Å². The van der Waals surface area contributed by atoms with Crippen LogP contribution in [0.1, 0.15) is 24.3 Å². The van der Waals surface area contributed by atoms with Gasteiger partial charge in [0.1, 0.15) is 6.10 Å². The summed E-state index contributed by atoms with van der Waals surface area (Å²) in [7, 11) is 0. The molecular formula is C10H14N2O4. The molecule has 6 nitrogen and oxygen atoms in total. The molecule has 1 atom stereocenters. The second-order valence-corrected chi connectivity index (χ2v) is 3.14. The second-order valence-electron chi connectivity index (χ2n) is 3.14. The molecule has 88 valence electrons. The zero-order chi connectivity index (χ0) is 12.0. The van der Waals surface area contributed by atoms with Crippen LogP contribution in [0.5, 0.6) is 5.88 Å². The molecule has 0 saturated carbocycles. The summed E-state index contributed by atoms with van der Waals surface area (Å²) in [5, 5.41) is 8.70. The molecule has 1 rings (SSSR count). The van der Waals surface area contributed by atoms with Crippen molar-refractivity contribution < 1.29 is 19.4 Å². The van der Waals surface area contributed by atoms with E-state index >= 15 is 0 Å². The van der Waals surface area contributed by atoms with Crippen molar-refractivity contribution in [3.05, 3.63) is 18.1 Å². The normalized spacial score (nSPS) is 12.1. The number of ether oxygens (including phenoxy) is 2. The zero-order valence-electron chi connectivity index (χ0n) is 9.21. The van der Waals surface area contributed by atoms with Crippen molar-refractivity contribution in [3.63, 3.8) is 0 Å². The Bertz CT molecular complexity index is 356. The van der Waals surface area contributed by atoms with E-state index in [1.165, 1.54) is 12.4 Å². The zero-order valence-corrected chi connectivity index (χ0v) is 9.21. The van der Waals surface area contributed by atoms with Crippen molar-refractivity contribution >= 4 is 5.97 Å². The summed E-state index contributed by atoms with van der Waals surface area (Å²) >= 11 is 0. The Morgan fingerprint density at radius 3 is 2.94 bits per heavy atom. The Balaban J connectivity index is 2.59. The third-order valence-corrected chi connectivity index (χ3v) is 1.71. The molecular weight excluding hydrogens is 212 g/mol. The van der Waals surface area contributed by atoms with Gasteiger partial charge in [0, 0.05) is 6.61 Å². The van der Waals surface area contributed by atoms with Gasteiger partial charge in [-0.1, -0.05) is 0 Å². The van der Waals surface area contributed by atoms with E-state index in [0.29, 0.717) is 13.2 Å². The van der Waals surface area contributed by atoms with E-state index in [2.05, 4.69) is 9.97 Å². The first-order valence-electron chi connectivity index (χ1n) is 4.93. The van der Waals surface area contributed by atoms with Gasteiger partial charge >= 0.3 is 5.97 Å². The molecule has 1 aromatic heterocycles. The van der Waals surface area contributed by atoms with Gasteiger partial charge in [-0.05, 0) is 13.8 Å². The minimum Gasteiger partial charge on any atom is -0.476 e. The van der Waals surface area contributed by atoms with Crippen molar-refractivity contribution in [2.75, 3.05) is 13.2 Å². The number of nitrogens with zero attached hydrogens (tertiary/aromatic N) is 2. The Labute approximate surface area is 93.2 Å². The van der Waals surface area contributed by atoms with Gasteiger partial charge in [-0.15, -0.1) is 0 Å². The van der Waals surface area contributed by atoms with E-state index in [9.17, 15) is 4.79 Å². The van der Waals surface area contributed by atoms with Gasteiger partial charge in [0.15, 0.2) is 5.69 Å². The van der Waals surface area contributed by atoms with E-state index in [1.807, 2.05) is 13.8 Å². The minimum atomic E-state index is -1.13. The first-order valence-corrected chi connectivity index (χ1v) is 4.93. The summed E-state index contributed by atoms with van der Waals surface area (Å²) in [6.45, 7) is 4.73. The molecule has 1 unspecified atom stereocenters. The van der Waals surface area contributed by atoms with Crippen molar-refractivity contribution in [3.8, 4) is 5.88 Å². The van der Waals surface area contributed by atoms with E-state index < -0.39 is 5.97 Å². The van der Waals surface area contributed by atoms with Gasteiger partial charge in [-0.3, -0.25) is 4.98 Å². The van der Waals surface area contributed by atoms with Crippen LogP contribution >= 0.6 is 0 Å². The van der Waals surface area contributed by atoms with Crippen LogP contribution in [0.25, 0.3) is 0 Å². The largest absolute Gasteiger partial charge is 0.476 e. The van der Waals surface area contributed by atoms with Crippen LogP contribution < -0.4 is 4.74 Å². The highest BCUT2D eigenvalue weighted by Crippen LogP contribution is 2.07. The van der Waals surface area contributed by atoms with Crippen molar-refractivity contribution in [1.29, 1.82) is 0 Å². The summed E-state index contributed by atoms with van der Waals surface area (Å²) in [4.78, 5) is 18.1. The van der Waals surface area contributed by atoms with Gasteiger partial charge < -0.3 is 14.6 Å². The van der Waals surface area contributed by atoms with Crippen LogP contribution in [0.4, 0.5) is 0 Å². The predicted molar refractivity (Wildman–Crippen MR) is 55.6 cm³/mol. The second kappa shape index (κ2) is 6.02. The maximum atomic E-state index is 10.6. The van der Waals surface area contributed by atoms with Crippen LogP contribution in [-0.4, -0.2) is 40.4 Å². The number of hydrogen-bond acceptors (Lipinski definition) is 5. The number of rotatable bonds is 6. The molecule has 0 aliphatic heterocycles. The molecule has 0 amide bonds. The maximum absolute atomic E-state index is 10.6. The summed E-state index contributed by atoms with van der Waals surface area (Å²) in [6.07, 6.45) is 2.34. The van der Waals surface area contributed by atoms with E-state index in [1.54, 1.807) is 0 Å². The standard InChI is InChI=1S/C10H14N2O4/c1-3-15-6-7(2)16-9-5-11-4-8(12-9)10(13)14/h4-5,7H,3,6H2,1-2H3,(H,13,14).